The maximum atomic E-state index is 11.6. The summed E-state index contributed by atoms with van der Waals surface area (Å²) < 4.78 is 5.33. The Morgan fingerprint density at radius 1 is 0.926 bits per heavy atom. The Bertz CT molecular complexity index is 421. The Morgan fingerprint density at radius 3 is 1.96 bits per heavy atom. The van der Waals surface area contributed by atoms with Crippen LogP contribution in [0, 0.1) is 5.92 Å². The zero-order valence-corrected chi connectivity index (χ0v) is 17.6. The van der Waals surface area contributed by atoms with Crippen molar-refractivity contribution in [1.29, 1.82) is 0 Å². The number of carbonyl (C=O) groups excluding carboxylic acids is 1. The van der Waals surface area contributed by atoms with E-state index in [2.05, 4.69) is 19.1 Å². The van der Waals surface area contributed by atoms with E-state index in [1.165, 1.54) is 70.6 Å². The van der Waals surface area contributed by atoms with Gasteiger partial charge in [0.15, 0.2) is 0 Å². The van der Waals surface area contributed by atoms with Crippen molar-refractivity contribution in [1.82, 2.24) is 0 Å². The number of ether oxygens (including phenoxy) is 1. The highest BCUT2D eigenvalue weighted by molar-refractivity contribution is 5.76. The minimum atomic E-state index is -0.892. The Labute approximate surface area is 166 Å². The molecule has 1 saturated heterocycles. The molecule has 1 heterocycles. The zero-order valence-electron chi connectivity index (χ0n) is 17.6. The van der Waals surface area contributed by atoms with Crippen LogP contribution in [-0.2, 0) is 9.53 Å². The monoisotopic (exact) mass is 382 g/mol. The third-order valence-corrected chi connectivity index (χ3v) is 5.76. The third kappa shape index (κ3) is 9.25. The lowest BCUT2D eigenvalue weighted by Gasteiger charge is -2.27. The second-order valence-corrected chi connectivity index (χ2v) is 8.30. The van der Waals surface area contributed by atoms with Crippen LogP contribution < -0.4 is 0 Å². The van der Waals surface area contributed by atoms with Crippen LogP contribution in [0.2, 0.25) is 0 Å². The number of hydrogen-bond acceptors (Lipinski definition) is 4. The molecule has 2 N–H and O–H groups in total. The molecule has 0 aromatic carbocycles. The van der Waals surface area contributed by atoms with E-state index < -0.39 is 23.6 Å². The number of esters is 1. The van der Waals surface area contributed by atoms with Crippen LogP contribution in [-0.4, -0.2) is 34.5 Å². The first kappa shape index (κ1) is 24.2. The van der Waals surface area contributed by atoms with Crippen LogP contribution in [0.3, 0.4) is 0 Å². The summed E-state index contributed by atoms with van der Waals surface area (Å²) in [5.41, 5.74) is -0.823. The average Bonchev–Trinajstić information content (AvgIpc) is 2.86. The molecule has 0 aliphatic carbocycles. The number of rotatable bonds is 16. The molecule has 1 rings (SSSR count). The van der Waals surface area contributed by atoms with Crippen molar-refractivity contribution in [3.8, 4) is 0 Å². The molecule has 158 valence electrons. The number of aliphatic hydroxyl groups is 2. The van der Waals surface area contributed by atoms with Crippen LogP contribution in [0.25, 0.3) is 0 Å². The maximum Gasteiger partial charge on any atom is 0.314 e. The molecule has 0 amide bonds. The Balaban J connectivity index is 1.91. The minimum absolute atomic E-state index is 0.342. The first-order valence-electron chi connectivity index (χ1n) is 11.2. The van der Waals surface area contributed by atoms with Gasteiger partial charge < -0.3 is 14.9 Å². The summed E-state index contributed by atoms with van der Waals surface area (Å²) in [6.45, 7) is 3.66. The van der Waals surface area contributed by atoms with Crippen molar-refractivity contribution in [2.45, 2.75) is 115 Å². The predicted molar refractivity (Wildman–Crippen MR) is 111 cm³/mol. The van der Waals surface area contributed by atoms with E-state index in [0.717, 1.165) is 12.8 Å². The highest BCUT2D eigenvalue weighted by Gasteiger charge is 2.51. The second kappa shape index (κ2) is 14.2. The van der Waals surface area contributed by atoms with Gasteiger partial charge >= 0.3 is 5.97 Å². The van der Waals surface area contributed by atoms with Gasteiger partial charge in [-0.25, -0.2) is 0 Å². The van der Waals surface area contributed by atoms with Gasteiger partial charge in [-0.2, -0.15) is 0 Å². The molecule has 3 atom stereocenters. The summed E-state index contributed by atoms with van der Waals surface area (Å²) >= 11 is 0. The van der Waals surface area contributed by atoms with Crippen molar-refractivity contribution in [2.24, 2.45) is 5.92 Å². The molecule has 0 spiro atoms. The molecule has 0 radical (unpaired) electrons. The van der Waals surface area contributed by atoms with Crippen molar-refractivity contribution >= 4 is 5.97 Å². The molecule has 0 bridgehead atoms. The molecule has 0 aromatic heterocycles. The predicted octanol–water partition coefficient (Wildman–Crippen LogP) is 5.31. The summed E-state index contributed by atoms with van der Waals surface area (Å²) in [7, 11) is 0. The normalized spacial score (nSPS) is 25.4. The Hall–Kier alpha value is -0.870. The standard InChI is InChI=1S/C23H42O4/c1-3-4-5-6-7-8-9-10-11-12-13-14-15-16-17-18-23(2)21(25)20(19-24)22(26)27-23/h5-6,20-21,24-25H,3-4,7-19H2,1-2H3/b6-5+/t20-,21-,23+/m0/s1. The van der Waals surface area contributed by atoms with Crippen LogP contribution in [0.1, 0.15) is 104 Å². The number of carbonyl (C=O) groups is 1. The largest absolute Gasteiger partial charge is 0.456 e. The van der Waals surface area contributed by atoms with Crippen LogP contribution in [0.15, 0.2) is 12.2 Å². The van der Waals surface area contributed by atoms with Crippen LogP contribution in [0.5, 0.6) is 0 Å². The van der Waals surface area contributed by atoms with E-state index in [1.807, 2.05) is 0 Å². The van der Waals surface area contributed by atoms with Crippen molar-refractivity contribution in [3.63, 3.8) is 0 Å². The first-order valence-corrected chi connectivity index (χ1v) is 11.2. The minimum Gasteiger partial charge on any atom is -0.456 e. The van der Waals surface area contributed by atoms with E-state index in [1.54, 1.807) is 6.92 Å². The smallest absolute Gasteiger partial charge is 0.314 e. The van der Waals surface area contributed by atoms with Crippen molar-refractivity contribution in [2.75, 3.05) is 6.61 Å². The zero-order chi connectivity index (χ0) is 20.0. The number of aliphatic hydroxyl groups excluding tert-OH is 2. The lowest BCUT2D eigenvalue weighted by Crippen LogP contribution is -2.39. The topological polar surface area (TPSA) is 66.8 Å². The number of hydrogen-bond donors (Lipinski definition) is 2. The molecule has 0 unspecified atom stereocenters. The van der Waals surface area contributed by atoms with Gasteiger partial charge in [-0.15, -0.1) is 0 Å². The fourth-order valence-corrected chi connectivity index (χ4v) is 3.85. The SMILES string of the molecule is CCC/C=C/CCCCCCCCCCCC[C@@]1(C)OC(=O)[C@@H](CO)[C@@H]1O. The molecular formula is C23H42O4. The molecule has 1 aliphatic heterocycles. The fraction of sp³-hybridized carbons (Fsp3) is 0.870. The highest BCUT2D eigenvalue weighted by atomic mass is 16.6. The quantitative estimate of drug-likeness (QED) is 0.216. The molecule has 4 nitrogen and oxygen atoms in total. The van der Waals surface area contributed by atoms with Crippen LogP contribution in [0.4, 0.5) is 0 Å². The molecule has 0 saturated carbocycles. The Kier molecular flexibility index (Phi) is 12.7. The number of unbranched alkanes of at least 4 members (excludes halogenated alkanes) is 11. The summed E-state index contributed by atoms with van der Waals surface area (Å²) in [5, 5.41) is 19.4. The molecule has 1 fully saturated rings. The second-order valence-electron chi connectivity index (χ2n) is 8.30. The van der Waals surface area contributed by atoms with Gasteiger partial charge in [0.05, 0.1) is 6.61 Å². The maximum absolute atomic E-state index is 11.6. The summed E-state index contributed by atoms with van der Waals surface area (Å²) in [6.07, 6.45) is 20.7. The van der Waals surface area contributed by atoms with Crippen molar-refractivity contribution < 1.29 is 19.7 Å². The van der Waals surface area contributed by atoms with E-state index in [9.17, 15) is 15.0 Å². The van der Waals surface area contributed by atoms with Gasteiger partial charge in [0.2, 0.25) is 0 Å². The molecule has 27 heavy (non-hydrogen) atoms. The lowest BCUT2D eigenvalue weighted by atomic mass is 9.87. The number of allylic oxidation sites excluding steroid dienone is 2. The number of cyclic esters (lactones) is 1. The van der Waals surface area contributed by atoms with Crippen molar-refractivity contribution in [3.05, 3.63) is 12.2 Å². The van der Waals surface area contributed by atoms with E-state index in [4.69, 9.17) is 4.74 Å². The van der Waals surface area contributed by atoms with Crippen LogP contribution >= 0.6 is 0 Å². The summed E-state index contributed by atoms with van der Waals surface area (Å²) in [6, 6.07) is 0. The lowest BCUT2D eigenvalue weighted by molar-refractivity contribution is -0.151. The van der Waals surface area contributed by atoms with E-state index in [-0.39, 0.29) is 6.61 Å². The first-order chi connectivity index (χ1) is 13.0. The van der Waals surface area contributed by atoms with Gasteiger partial charge in [0, 0.05) is 0 Å². The molecular weight excluding hydrogens is 340 g/mol. The highest BCUT2D eigenvalue weighted by Crippen LogP contribution is 2.35. The van der Waals surface area contributed by atoms with E-state index >= 15 is 0 Å². The summed E-state index contributed by atoms with van der Waals surface area (Å²) in [5.74, 6) is -1.24. The molecule has 0 aromatic rings. The molecule has 1 aliphatic rings. The average molecular weight is 383 g/mol. The summed E-state index contributed by atoms with van der Waals surface area (Å²) in [4.78, 5) is 11.6. The van der Waals surface area contributed by atoms with Gasteiger partial charge in [-0.3, -0.25) is 4.79 Å². The van der Waals surface area contributed by atoms with Gasteiger partial charge in [0.1, 0.15) is 17.6 Å². The third-order valence-electron chi connectivity index (χ3n) is 5.76. The van der Waals surface area contributed by atoms with Gasteiger partial charge in [0.25, 0.3) is 0 Å². The van der Waals surface area contributed by atoms with Gasteiger partial charge in [-0.05, 0) is 39.0 Å². The fourth-order valence-electron chi connectivity index (χ4n) is 3.85. The molecule has 4 heteroatoms. The van der Waals surface area contributed by atoms with E-state index in [0.29, 0.717) is 6.42 Å². The Morgan fingerprint density at radius 2 is 1.44 bits per heavy atom. The van der Waals surface area contributed by atoms with Gasteiger partial charge in [-0.1, -0.05) is 76.9 Å².